The number of carboxylic acid groups (broad SMARTS) is 1. The summed E-state index contributed by atoms with van der Waals surface area (Å²) in [6, 6.07) is 5.76. The third-order valence-corrected chi connectivity index (χ3v) is 4.41. The molecule has 1 saturated carbocycles. The second-order valence-electron chi connectivity index (χ2n) is 5.85. The highest BCUT2D eigenvalue weighted by Crippen LogP contribution is 2.27. The Bertz CT molecular complexity index is 719. The molecule has 1 aliphatic rings. The summed E-state index contributed by atoms with van der Waals surface area (Å²) >= 11 is 0. The van der Waals surface area contributed by atoms with E-state index in [2.05, 4.69) is 12.2 Å². The number of hydrogen-bond acceptors (Lipinski definition) is 3. The Morgan fingerprint density at radius 3 is 2.86 bits per heavy atom. The molecule has 1 aromatic carbocycles. The molecule has 1 aliphatic carbocycles. The number of carbonyl (C=O) groups excluding carboxylic acids is 1. The molecular weight excluding hydrogens is 282 g/mol. The number of rotatable bonds is 4. The Kier molecular flexibility index (Phi) is 3.88. The zero-order chi connectivity index (χ0) is 15.7. The maximum Gasteiger partial charge on any atom is 0.306 e. The molecule has 22 heavy (non-hydrogen) atoms. The summed E-state index contributed by atoms with van der Waals surface area (Å²) in [6.45, 7) is 2.06. The van der Waals surface area contributed by atoms with Gasteiger partial charge >= 0.3 is 5.97 Å². The largest absolute Gasteiger partial charge is 0.481 e. The highest BCUT2D eigenvalue weighted by atomic mass is 16.4. The fourth-order valence-electron chi connectivity index (χ4n) is 3.07. The van der Waals surface area contributed by atoms with E-state index in [9.17, 15) is 9.59 Å². The van der Waals surface area contributed by atoms with Crippen LogP contribution in [-0.4, -0.2) is 23.0 Å². The molecule has 1 amide bonds. The lowest BCUT2D eigenvalue weighted by molar-refractivity contribution is -0.141. The zero-order valence-corrected chi connectivity index (χ0v) is 12.5. The Hall–Kier alpha value is -2.30. The van der Waals surface area contributed by atoms with Crippen molar-refractivity contribution < 1.29 is 19.1 Å². The molecule has 1 aromatic heterocycles. The highest BCUT2D eigenvalue weighted by Gasteiger charge is 2.31. The number of carbonyl (C=O) groups is 2. The molecule has 5 nitrogen and oxygen atoms in total. The van der Waals surface area contributed by atoms with Gasteiger partial charge in [0.1, 0.15) is 11.8 Å². The van der Waals surface area contributed by atoms with Gasteiger partial charge in [-0.3, -0.25) is 9.59 Å². The van der Waals surface area contributed by atoms with Crippen LogP contribution in [0.25, 0.3) is 11.0 Å². The van der Waals surface area contributed by atoms with Crippen molar-refractivity contribution in [1.82, 2.24) is 5.32 Å². The van der Waals surface area contributed by atoms with Crippen molar-refractivity contribution in [2.45, 2.75) is 38.6 Å². The molecule has 3 rings (SSSR count). The predicted molar refractivity (Wildman–Crippen MR) is 81.8 cm³/mol. The van der Waals surface area contributed by atoms with Gasteiger partial charge in [0.15, 0.2) is 0 Å². The molecule has 0 spiro atoms. The summed E-state index contributed by atoms with van der Waals surface area (Å²) < 4.78 is 5.44. The number of benzene rings is 1. The molecule has 5 heteroatoms. The molecular formula is C17H19NO4. The van der Waals surface area contributed by atoms with Crippen LogP contribution in [0.3, 0.4) is 0 Å². The van der Waals surface area contributed by atoms with Crippen LogP contribution in [0.4, 0.5) is 0 Å². The number of furan rings is 1. The van der Waals surface area contributed by atoms with Gasteiger partial charge in [-0.2, -0.15) is 0 Å². The normalized spacial score (nSPS) is 21.1. The summed E-state index contributed by atoms with van der Waals surface area (Å²) in [4.78, 5) is 23.4. The molecule has 0 unspecified atom stereocenters. The van der Waals surface area contributed by atoms with Crippen LogP contribution in [0, 0.1) is 5.92 Å². The highest BCUT2D eigenvalue weighted by molar-refractivity contribution is 6.06. The zero-order valence-electron chi connectivity index (χ0n) is 12.5. The molecule has 0 saturated heterocycles. The van der Waals surface area contributed by atoms with Gasteiger partial charge in [0.2, 0.25) is 0 Å². The summed E-state index contributed by atoms with van der Waals surface area (Å²) in [5.74, 6) is -1.32. The SMILES string of the molecule is CCc1ccc2occ(C(=O)N[C@H]3CC[C@@H](C(=O)O)C3)c2c1. The average Bonchev–Trinajstić information content (AvgIpc) is 3.12. The summed E-state index contributed by atoms with van der Waals surface area (Å²) in [5, 5.41) is 12.8. The van der Waals surface area contributed by atoms with Crippen molar-refractivity contribution in [3.8, 4) is 0 Å². The first-order chi connectivity index (χ1) is 10.6. The first kappa shape index (κ1) is 14.6. The lowest BCUT2D eigenvalue weighted by atomic mass is 10.1. The number of fused-ring (bicyclic) bond motifs is 1. The van der Waals surface area contributed by atoms with Crippen LogP contribution >= 0.6 is 0 Å². The van der Waals surface area contributed by atoms with Crippen molar-refractivity contribution in [3.05, 3.63) is 35.6 Å². The molecule has 2 N–H and O–H groups in total. The van der Waals surface area contributed by atoms with E-state index in [0.717, 1.165) is 17.4 Å². The van der Waals surface area contributed by atoms with Crippen molar-refractivity contribution in [1.29, 1.82) is 0 Å². The van der Waals surface area contributed by atoms with E-state index >= 15 is 0 Å². The van der Waals surface area contributed by atoms with Crippen LogP contribution in [-0.2, 0) is 11.2 Å². The minimum absolute atomic E-state index is 0.0760. The van der Waals surface area contributed by atoms with Crippen LogP contribution in [0.15, 0.2) is 28.9 Å². The second-order valence-corrected chi connectivity index (χ2v) is 5.85. The fourth-order valence-corrected chi connectivity index (χ4v) is 3.07. The van der Waals surface area contributed by atoms with E-state index in [0.29, 0.717) is 30.4 Å². The number of nitrogens with one attached hydrogen (secondary N) is 1. The van der Waals surface area contributed by atoms with E-state index < -0.39 is 5.97 Å². The van der Waals surface area contributed by atoms with Gasteiger partial charge in [-0.05, 0) is 43.4 Å². The second kappa shape index (κ2) is 5.83. The van der Waals surface area contributed by atoms with Crippen molar-refractivity contribution in [3.63, 3.8) is 0 Å². The standard InChI is InChI=1S/C17H19NO4/c1-2-10-3-6-15-13(7-10)14(9-22-15)16(19)18-12-5-4-11(8-12)17(20)21/h3,6-7,9,11-12H,2,4-5,8H2,1H3,(H,18,19)(H,20,21)/t11-,12+/m1/s1. The van der Waals surface area contributed by atoms with Crippen LogP contribution < -0.4 is 5.32 Å². The van der Waals surface area contributed by atoms with E-state index in [1.54, 1.807) is 0 Å². The van der Waals surface area contributed by atoms with Gasteiger partial charge in [-0.25, -0.2) is 0 Å². The van der Waals surface area contributed by atoms with E-state index in [4.69, 9.17) is 9.52 Å². The third-order valence-electron chi connectivity index (χ3n) is 4.41. The van der Waals surface area contributed by atoms with Crippen molar-refractivity contribution in [2.75, 3.05) is 0 Å². The number of hydrogen-bond donors (Lipinski definition) is 2. The number of carboxylic acids is 1. The Labute approximate surface area is 128 Å². The molecule has 0 radical (unpaired) electrons. The van der Waals surface area contributed by atoms with Crippen LogP contribution in [0.1, 0.15) is 42.1 Å². The third kappa shape index (κ3) is 2.71. The summed E-state index contributed by atoms with van der Waals surface area (Å²) in [5.41, 5.74) is 2.36. The van der Waals surface area contributed by atoms with Gasteiger partial charge in [-0.1, -0.05) is 13.0 Å². The Morgan fingerprint density at radius 2 is 2.18 bits per heavy atom. The topological polar surface area (TPSA) is 79.5 Å². The minimum atomic E-state index is -0.780. The molecule has 0 bridgehead atoms. The lowest BCUT2D eigenvalue weighted by Crippen LogP contribution is -2.33. The van der Waals surface area contributed by atoms with Gasteiger partial charge in [0.05, 0.1) is 11.5 Å². The van der Waals surface area contributed by atoms with Crippen molar-refractivity contribution in [2.24, 2.45) is 5.92 Å². The van der Waals surface area contributed by atoms with Gasteiger partial charge in [0.25, 0.3) is 5.91 Å². The van der Waals surface area contributed by atoms with Gasteiger partial charge in [0, 0.05) is 11.4 Å². The van der Waals surface area contributed by atoms with Crippen LogP contribution in [0.5, 0.6) is 0 Å². The summed E-state index contributed by atoms with van der Waals surface area (Å²) in [6.07, 6.45) is 4.19. The fraction of sp³-hybridized carbons (Fsp3) is 0.412. The number of aryl methyl sites for hydroxylation is 1. The van der Waals surface area contributed by atoms with Crippen molar-refractivity contribution >= 4 is 22.8 Å². The smallest absolute Gasteiger partial charge is 0.306 e. The van der Waals surface area contributed by atoms with Crippen LogP contribution in [0.2, 0.25) is 0 Å². The molecule has 116 valence electrons. The molecule has 2 aromatic rings. The first-order valence-corrected chi connectivity index (χ1v) is 7.62. The van der Waals surface area contributed by atoms with E-state index in [1.807, 2.05) is 18.2 Å². The predicted octanol–water partition coefficient (Wildman–Crippen LogP) is 2.98. The maximum atomic E-state index is 12.4. The quantitative estimate of drug-likeness (QED) is 0.910. The Morgan fingerprint density at radius 1 is 1.36 bits per heavy atom. The Balaban J connectivity index is 1.77. The maximum absolute atomic E-state index is 12.4. The lowest BCUT2D eigenvalue weighted by Gasteiger charge is -2.11. The van der Waals surface area contributed by atoms with E-state index in [-0.39, 0.29) is 17.9 Å². The number of amides is 1. The van der Waals surface area contributed by atoms with E-state index in [1.165, 1.54) is 6.26 Å². The molecule has 1 fully saturated rings. The number of aliphatic carboxylic acids is 1. The minimum Gasteiger partial charge on any atom is -0.481 e. The average molecular weight is 301 g/mol. The molecule has 1 heterocycles. The summed E-state index contributed by atoms with van der Waals surface area (Å²) in [7, 11) is 0. The molecule has 2 atom stereocenters. The van der Waals surface area contributed by atoms with Gasteiger partial charge < -0.3 is 14.8 Å². The monoisotopic (exact) mass is 301 g/mol. The first-order valence-electron chi connectivity index (χ1n) is 7.62. The molecule has 0 aliphatic heterocycles. The van der Waals surface area contributed by atoms with Gasteiger partial charge in [-0.15, -0.1) is 0 Å².